The van der Waals surface area contributed by atoms with Crippen LogP contribution in [0.3, 0.4) is 0 Å². The fourth-order valence-electron chi connectivity index (χ4n) is 3.07. The van der Waals surface area contributed by atoms with Crippen molar-refractivity contribution in [1.29, 1.82) is 0 Å². The Morgan fingerprint density at radius 1 is 1.38 bits per heavy atom. The maximum absolute atomic E-state index is 12.1. The van der Waals surface area contributed by atoms with Crippen molar-refractivity contribution in [2.75, 3.05) is 26.2 Å². The smallest absolute Gasteiger partial charge is 0.224 e. The molecule has 0 saturated carbocycles. The Bertz CT molecular complexity index is 658. The largest absolute Gasteiger partial charge is 0.355 e. The summed E-state index contributed by atoms with van der Waals surface area (Å²) in [5.74, 6) is 0.200. The van der Waals surface area contributed by atoms with Gasteiger partial charge in [-0.3, -0.25) is 9.69 Å². The summed E-state index contributed by atoms with van der Waals surface area (Å²) in [5.41, 5.74) is 7.70. The normalized spacial score (nSPS) is 18.5. The highest BCUT2D eigenvalue weighted by atomic mass is 32.1. The number of amides is 1. The van der Waals surface area contributed by atoms with Crippen molar-refractivity contribution in [1.82, 2.24) is 15.2 Å². The fourth-order valence-corrected chi connectivity index (χ4v) is 3.89. The van der Waals surface area contributed by atoms with Crippen LogP contribution in [0.5, 0.6) is 0 Å². The molecule has 6 heteroatoms. The molecule has 1 unspecified atom stereocenters. The minimum atomic E-state index is 0.0672. The van der Waals surface area contributed by atoms with E-state index in [1.807, 2.05) is 18.2 Å². The van der Waals surface area contributed by atoms with Crippen LogP contribution in [-0.2, 0) is 11.3 Å². The number of piperidine rings is 1. The summed E-state index contributed by atoms with van der Waals surface area (Å²) in [6, 6.07) is 10.3. The zero-order valence-electron chi connectivity index (χ0n) is 13.8. The van der Waals surface area contributed by atoms with Gasteiger partial charge in [-0.25, -0.2) is 4.98 Å². The summed E-state index contributed by atoms with van der Waals surface area (Å²) in [7, 11) is 0. The highest BCUT2D eigenvalue weighted by Gasteiger charge is 2.25. The first-order valence-electron chi connectivity index (χ1n) is 8.46. The number of thiazole rings is 1. The minimum Gasteiger partial charge on any atom is -0.355 e. The number of carbonyl (C=O) groups is 1. The first-order valence-corrected chi connectivity index (χ1v) is 9.34. The molecule has 1 saturated heterocycles. The van der Waals surface area contributed by atoms with Crippen LogP contribution in [0.25, 0.3) is 10.6 Å². The molecule has 2 heterocycles. The fraction of sp³-hybridized carbons (Fsp3) is 0.444. The van der Waals surface area contributed by atoms with Gasteiger partial charge in [0.2, 0.25) is 5.91 Å². The molecule has 0 radical (unpaired) electrons. The third-order valence-electron chi connectivity index (χ3n) is 4.28. The molecule has 3 rings (SSSR count). The highest BCUT2D eigenvalue weighted by molar-refractivity contribution is 7.13. The lowest BCUT2D eigenvalue weighted by molar-refractivity contribution is -0.126. The first kappa shape index (κ1) is 17.1. The molecule has 1 aromatic heterocycles. The van der Waals surface area contributed by atoms with Crippen LogP contribution < -0.4 is 11.1 Å². The van der Waals surface area contributed by atoms with Crippen molar-refractivity contribution in [3.05, 3.63) is 41.4 Å². The topological polar surface area (TPSA) is 71.2 Å². The van der Waals surface area contributed by atoms with Crippen LogP contribution in [0.4, 0.5) is 0 Å². The Kier molecular flexibility index (Phi) is 5.96. The second kappa shape index (κ2) is 8.37. The van der Waals surface area contributed by atoms with Crippen LogP contribution in [0.15, 0.2) is 35.7 Å². The number of aromatic nitrogens is 1. The maximum atomic E-state index is 12.1. The Balaban J connectivity index is 1.58. The van der Waals surface area contributed by atoms with Crippen LogP contribution in [0, 0.1) is 5.92 Å². The van der Waals surface area contributed by atoms with E-state index in [0.717, 1.165) is 48.7 Å². The van der Waals surface area contributed by atoms with Crippen molar-refractivity contribution in [3.8, 4) is 10.6 Å². The third-order valence-corrected chi connectivity index (χ3v) is 5.22. The zero-order valence-corrected chi connectivity index (χ0v) is 14.6. The summed E-state index contributed by atoms with van der Waals surface area (Å²) in [6.45, 7) is 3.68. The Morgan fingerprint density at radius 3 is 3.00 bits per heavy atom. The van der Waals surface area contributed by atoms with Gasteiger partial charge in [0.05, 0.1) is 11.6 Å². The average Bonchev–Trinajstić information content (AvgIpc) is 3.09. The van der Waals surface area contributed by atoms with E-state index in [4.69, 9.17) is 10.7 Å². The SMILES string of the molecule is NCCNC(=O)C1CCCN(Cc2csc(-c3ccccc3)n2)C1. The maximum Gasteiger partial charge on any atom is 0.224 e. The number of carbonyl (C=O) groups excluding carboxylic acids is 1. The Hall–Kier alpha value is -1.76. The second-order valence-corrected chi connectivity index (χ2v) is 7.02. The van der Waals surface area contributed by atoms with Crippen molar-refractivity contribution >= 4 is 17.2 Å². The lowest BCUT2D eigenvalue weighted by atomic mass is 9.97. The molecule has 1 atom stereocenters. The van der Waals surface area contributed by atoms with Gasteiger partial charge in [-0.15, -0.1) is 11.3 Å². The number of nitrogens with one attached hydrogen (secondary N) is 1. The van der Waals surface area contributed by atoms with Gasteiger partial charge in [-0.05, 0) is 19.4 Å². The lowest BCUT2D eigenvalue weighted by Gasteiger charge is -2.31. The van der Waals surface area contributed by atoms with Gasteiger partial charge < -0.3 is 11.1 Å². The number of nitrogens with two attached hydrogens (primary N) is 1. The number of benzene rings is 1. The standard InChI is InChI=1S/C18H24N4OS/c19-8-9-20-17(23)15-7-4-10-22(11-15)12-16-13-24-18(21-16)14-5-2-1-3-6-14/h1-3,5-6,13,15H,4,7-12,19H2,(H,20,23). The van der Waals surface area contributed by atoms with Crippen LogP contribution in [0.2, 0.25) is 0 Å². The van der Waals surface area contributed by atoms with Gasteiger partial charge in [0.15, 0.2) is 0 Å². The van der Waals surface area contributed by atoms with Gasteiger partial charge in [-0.1, -0.05) is 30.3 Å². The number of likely N-dealkylation sites (tertiary alicyclic amines) is 1. The van der Waals surface area contributed by atoms with Gasteiger partial charge in [0.25, 0.3) is 0 Å². The van der Waals surface area contributed by atoms with Crippen LogP contribution in [-0.4, -0.2) is 42.0 Å². The molecule has 2 aromatic rings. The Labute approximate surface area is 146 Å². The summed E-state index contributed by atoms with van der Waals surface area (Å²) in [6.07, 6.45) is 2.01. The second-order valence-electron chi connectivity index (χ2n) is 6.16. The number of hydrogen-bond donors (Lipinski definition) is 2. The predicted octanol–water partition coefficient (Wildman–Crippen LogP) is 2.10. The van der Waals surface area contributed by atoms with Crippen LogP contribution >= 0.6 is 11.3 Å². The first-order chi connectivity index (χ1) is 11.8. The molecule has 5 nitrogen and oxygen atoms in total. The molecule has 1 aliphatic heterocycles. The van der Waals surface area contributed by atoms with E-state index in [2.05, 4.69) is 27.7 Å². The van der Waals surface area contributed by atoms with E-state index >= 15 is 0 Å². The average molecular weight is 344 g/mol. The summed E-state index contributed by atoms with van der Waals surface area (Å²) in [5, 5.41) is 6.09. The van der Waals surface area contributed by atoms with Gasteiger partial charge >= 0.3 is 0 Å². The minimum absolute atomic E-state index is 0.0672. The molecule has 1 aliphatic rings. The highest BCUT2D eigenvalue weighted by Crippen LogP contribution is 2.25. The van der Waals surface area contributed by atoms with E-state index in [0.29, 0.717) is 13.1 Å². The molecule has 0 bridgehead atoms. The van der Waals surface area contributed by atoms with Crippen molar-refractivity contribution < 1.29 is 4.79 Å². The van der Waals surface area contributed by atoms with Crippen molar-refractivity contribution in [3.63, 3.8) is 0 Å². The third kappa shape index (κ3) is 4.41. The molecule has 3 N–H and O–H groups in total. The molecule has 1 aromatic carbocycles. The molecule has 1 fully saturated rings. The van der Waals surface area contributed by atoms with Gasteiger partial charge in [0.1, 0.15) is 5.01 Å². The quantitative estimate of drug-likeness (QED) is 0.842. The van der Waals surface area contributed by atoms with Gasteiger partial charge in [-0.2, -0.15) is 0 Å². The van der Waals surface area contributed by atoms with E-state index < -0.39 is 0 Å². The summed E-state index contributed by atoms with van der Waals surface area (Å²) < 4.78 is 0. The molecule has 0 aliphatic carbocycles. The van der Waals surface area contributed by atoms with Gasteiger partial charge in [0, 0.05) is 37.1 Å². The number of hydrogen-bond acceptors (Lipinski definition) is 5. The van der Waals surface area contributed by atoms with E-state index in [1.165, 1.54) is 0 Å². The Morgan fingerprint density at radius 2 is 2.21 bits per heavy atom. The van der Waals surface area contributed by atoms with E-state index in [1.54, 1.807) is 11.3 Å². The predicted molar refractivity (Wildman–Crippen MR) is 97.6 cm³/mol. The molecule has 1 amide bonds. The molecular weight excluding hydrogens is 320 g/mol. The summed E-state index contributed by atoms with van der Waals surface area (Å²) in [4.78, 5) is 19.2. The lowest BCUT2D eigenvalue weighted by Crippen LogP contribution is -2.43. The zero-order chi connectivity index (χ0) is 16.8. The molecular formula is C18H24N4OS. The molecule has 128 valence electrons. The van der Waals surface area contributed by atoms with Crippen molar-refractivity contribution in [2.24, 2.45) is 11.7 Å². The monoisotopic (exact) mass is 344 g/mol. The van der Waals surface area contributed by atoms with Crippen LogP contribution in [0.1, 0.15) is 18.5 Å². The molecule has 0 spiro atoms. The molecule has 24 heavy (non-hydrogen) atoms. The van der Waals surface area contributed by atoms with E-state index in [-0.39, 0.29) is 11.8 Å². The number of nitrogens with zero attached hydrogens (tertiary/aromatic N) is 2. The van der Waals surface area contributed by atoms with Crippen molar-refractivity contribution in [2.45, 2.75) is 19.4 Å². The van der Waals surface area contributed by atoms with E-state index in [9.17, 15) is 4.79 Å². The summed E-state index contributed by atoms with van der Waals surface area (Å²) >= 11 is 1.68. The number of rotatable bonds is 6.